The first-order valence-electron chi connectivity index (χ1n) is 3.35. The normalized spacial score (nSPS) is 13.1. The molecule has 0 fully saturated rings. The molecule has 1 rings (SSSR count). The van der Waals surface area contributed by atoms with Gasteiger partial charge in [0.05, 0.1) is 11.1 Å². The molecule has 0 radical (unpaired) electrons. The van der Waals surface area contributed by atoms with Crippen molar-refractivity contribution < 1.29 is 13.9 Å². The molecule has 1 nitrogen and oxygen atoms in total. The zero-order valence-electron chi connectivity index (χ0n) is 6.31. The molecule has 0 bridgehead atoms. The molecule has 1 unspecified atom stereocenters. The van der Waals surface area contributed by atoms with Gasteiger partial charge >= 0.3 is 0 Å². The Bertz CT molecular complexity index is 276. The van der Waals surface area contributed by atoms with Crippen LogP contribution in [-0.4, -0.2) is 5.11 Å². The Kier molecular flexibility index (Phi) is 2.65. The van der Waals surface area contributed by atoms with Crippen LogP contribution in [0, 0.1) is 11.6 Å². The molecule has 12 heavy (non-hydrogen) atoms. The third-order valence-electron chi connectivity index (χ3n) is 1.49. The highest BCUT2D eigenvalue weighted by Gasteiger charge is 2.11. The molecule has 1 aromatic rings. The van der Waals surface area contributed by atoms with Crippen molar-refractivity contribution in [2.24, 2.45) is 0 Å². The second-order valence-electron chi connectivity index (χ2n) is 2.47. The summed E-state index contributed by atoms with van der Waals surface area (Å²) in [5.74, 6) is -2.13. The molecule has 1 N–H and O–H groups in total. The van der Waals surface area contributed by atoms with Crippen molar-refractivity contribution >= 4 is 11.6 Å². The van der Waals surface area contributed by atoms with Crippen LogP contribution in [0.4, 0.5) is 8.78 Å². The molecule has 66 valence electrons. The van der Waals surface area contributed by atoms with E-state index < -0.39 is 17.7 Å². The smallest absolute Gasteiger partial charge is 0.177 e. The summed E-state index contributed by atoms with van der Waals surface area (Å²) in [6.07, 6.45) is -0.849. The maximum Gasteiger partial charge on any atom is 0.177 e. The summed E-state index contributed by atoms with van der Waals surface area (Å²) in [7, 11) is 0. The molecule has 0 saturated carbocycles. The Morgan fingerprint density at radius 1 is 1.42 bits per heavy atom. The molecule has 0 saturated heterocycles. The van der Waals surface area contributed by atoms with Crippen LogP contribution in [0.25, 0.3) is 0 Å². The van der Waals surface area contributed by atoms with Crippen LogP contribution in [-0.2, 0) is 0 Å². The van der Waals surface area contributed by atoms with Gasteiger partial charge in [0.2, 0.25) is 0 Å². The van der Waals surface area contributed by atoms with Gasteiger partial charge in [-0.1, -0.05) is 11.6 Å². The van der Waals surface area contributed by atoms with Gasteiger partial charge in [0, 0.05) is 0 Å². The first-order chi connectivity index (χ1) is 5.52. The zero-order valence-corrected chi connectivity index (χ0v) is 7.07. The van der Waals surface area contributed by atoms with E-state index in [1.807, 2.05) is 0 Å². The molecule has 1 aromatic carbocycles. The van der Waals surface area contributed by atoms with Crippen LogP contribution < -0.4 is 0 Å². The topological polar surface area (TPSA) is 20.2 Å². The fourth-order valence-corrected chi connectivity index (χ4v) is 1.03. The van der Waals surface area contributed by atoms with Crippen LogP contribution in [0.1, 0.15) is 18.6 Å². The van der Waals surface area contributed by atoms with Gasteiger partial charge in [0.25, 0.3) is 0 Å². The summed E-state index contributed by atoms with van der Waals surface area (Å²) in [4.78, 5) is 0. The molecule has 1 atom stereocenters. The molecule has 0 amide bonds. The summed E-state index contributed by atoms with van der Waals surface area (Å²) >= 11 is 5.34. The van der Waals surface area contributed by atoms with Gasteiger partial charge < -0.3 is 5.11 Å². The van der Waals surface area contributed by atoms with Crippen molar-refractivity contribution in [1.29, 1.82) is 0 Å². The predicted molar refractivity (Wildman–Crippen MR) is 42.0 cm³/mol. The Morgan fingerprint density at radius 3 is 2.42 bits per heavy atom. The molecular formula is C8H7ClF2O. The zero-order chi connectivity index (χ0) is 9.30. The van der Waals surface area contributed by atoms with Crippen molar-refractivity contribution in [3.8, 4) is 0 Å². The highest BCUT2D eigenvalue weighted by molar-refractivity contribution is 6.30. The van der Waals surface area contributed by atoms with Gasteiger partial charge in [-0.05, 0) is 24.6 Å². The van der Waals surface area contributed by atoms with Crippen LogP contribution in [0.5, 0.6) is 0 Å². The average Bonchev–Trinajstić information content (AvgIpc) is 1.99. The van der Waals surface area contributed by atoms with Gasteiger partial charge in [-0.2, -0.15) is 0 Å². The van der Waals surface area contributed by atoms with Crippen LogP contribution >= 0.6 is 11.6 Å². The SMILES string of the molecule is CC(O)c1cc(F)c(F)c(Cl)c1. The summed E-state index contributed by atoms with van der Waals surface area (Å²) in [5.41, 5.74) is 0.263. The highest BCUT2D eigenvalue weighted by atomic mass is 35.5. The number of halogens is 3. The third-order valence-corrected chi connectivity index (χ3v) is 1.76. The van der Waals surface area contributed by atoms with E-state index >= 15 is 0 Å². The van der Waals surface area contributed by atoms with Crippen molar-refractivity contribution in [3.63, 3.8) is 0 Å². The lowest BCUT2D eigenvalue weighted by molar-refractivity contribution is 0.198. The maximum absolute atomic E-state index is 12.6. The van der Waals surface area contributed by atoms with Crippen molar-refractivity contribution in [3.05, 3.63) is 34.4 Å². The largest absolute Gasteiger partial charge is 0.389 e. The van der Waals surface area contributed by atoms with Gasteiger partial charge in [-0.3, -0.25) is 0 Å². The molecule has 0 aliphatic rings. The third kappa shape index (κ3) is 1.73. The van der Waals surface area contributed by atoms with E-state index in [0.717, 1.165) is 6.07 Å². The molecule has 0 aliphatic carbocycles. The fourth-order valence-electron chi connectivity index (χ4n) is 0.816. The highest BCUT2D eigenvalue weighted by Crippen LogP contribution is 2.23. The van der Waals surface area contributed by atoms with Gasteiger partial charge in [-0.25, -0.2) is 8.78 Å². The van der Waals surface area contributed by atoms with E-state index in [1.165, 1.54) is 13.0 Å². The second-order valence-corrected chi connectivity index (χ2v) is 2.88. The van der Waals surface area contributed by atoms with Crippen molar-refractivity contribution in [2.45, 2.75) is 13.0 Å². The van der Waals surface area contributed by atoms with E-state index in [9.17, 15) is 8.78 Å². The van der Waals surface area contributed by atoms with Crippen molar-refractivity contribution in [1.82, 2.24) is 0 Å². The second kappa shape index (κ2) is 3.37. The number of aliphatic hydroxyl groups excluding tert-OH is 1. The number of benzene rings is 1. The molecule has 4 heteroatoms. The summed E-state index contributed by atoms with van der Waals surface area (Å²) in [5, 5.41) is 8.70. The first-order valence-corrected chi connectivity index (χ1v) is 3.72. The standard InChI is InChI=1S/C8H7ClF2O/c1-4(12)5-2-6(9)8(11)7(10)3-5/h2-4,12H,1H3. The Balaban J connectivity index is 3.21. The van der Waals surface area contributed by atoms with Crippen LogP contribution in [0.15, 0.2) is 12.1 Å². The lowest BCUT2D eigenvalue weighted by atomic mass is 10.1. The number of rotatable bonds is 1. The quantitative estimate of drug-likeness (QED) is 0.679. The van der Waals surface area contributed by atoms with E-state index in [1.54, 1.807) is 0 Å². The minimum Gasteiger partial charge on any atom is -0.389 e. The monoisotopic (exact) mass is 192 g/mol. The minimum atomic E-state index is -1.08. The number of hydrogen-bond acceptors (Lipinski definition) is 1. The average molecular weight is 193 g/mol. The van der Waals surface area contributed by atoms with Crippen LogP contribution in [0.2, 0.25) is 5.02 Å². The van der Waals surface area contributed by atoms with E-state index in [2.05, 4.69) is 0 Å². The fraction of sp³-hybridized carbons (Fsp3) is 0.250. The summed E-state index contributed by atoms with van der Waals surface area (Å²) in [6, 6.07) is 2.12. The Labute approximate surface area is 73.6 Å². The van der Waals surface area contributed by atoms with E-state index in [4.69, 9.17) is 16.7 Å². The van der Waals surface area contributed by atoms with E-state index in [0.29, 0.717) is 0 Å². The Hall–Kier alpha value is -0.670. The molecule has 0 aliphatic heterocycles. The first kappa shape index (κ1) is 9.42. The maximum atomic E-state index is 12.6. The van der Waals surface area contributed by atoms with Crippen molar-refractivity contribution in [2.75, 3.05) is 0 Å². The minimum absolute atomic E-state index is 0.263. The molecule has 0 aromatic heterocycles. The Morgan fingerprint density at radius 2 is 2.00 bits per heavy atom. The summed E-state index contributed by atoms with van der Waals surface area (Å²) < 4.78 is 25.2. The lowest BCUT2D eigenvalue weighted by Crippen LogP contribution is -1.95. The predicted octanol–water partition coefficient (Wildman–Crippen LogP) is 2.67. The van der Waals surface area contributed by atoms with Gasteiger partial charge in [-0.15, -0.1) is 0 Å². The van der Waals surface area contributed by atoms with Gasteiger partial charge in [0.15, 0.2) is 11.6 Å². The van der Waals surface area contributed by atoms with Crippen LogP contribution in [0.3, 0.4) is 0 Å². The van der Waals surface area contributed by atoms with E-state index in [-0.39, 0.29) is 10.6 Å². The summed E-state index contributed by atoms with van der Waals surface area (Å²) in [6.45, 7) is 1.45. The number of aliphatic hydroxyl groups is 1. The molecule has 0 heterocycles. The number of hydrogen-bond donors (Lipinski definition) is 1. The molecular weight excluding hydrogens is 186 g/mol. The lowest BCUT2D eigenvalue weighted by Gasteiger charge is -2.05. The van der Waals surface area contributed by atoms with Gasteiger partial charge in [0.1, 0.15) is 0 Å². The molecule has 0 spiro atoms.